The highest BCUT2D eigenvalue weighted by Crippen LogP contribution is 2.27. The van der Waals surface area contributed by atoms with Crippen molar-refractivity contribution in [3.8, 4) is 11.6 Å². The van der Waals surface area contributed by atoms with E-state index in [1.165, 1.54) is 21.1 Å². The molecule has 0 aliphatic heterocycles. The molecule has 0 atom stereocenters. The Labute approximate surface area is 197 Å². The van der Waals surface area contributed by atoms with Crippen LogP contribution in [-0.2, 0) is 11.3 Å². The summed E-state index contributed by atoms with van der Waals surface area (Å²) in [7, 11) is 0. The molecule has 1 fully saturated rings. The van der Waals surface area contributed by atoms with Crippen molar-refractivity contribution in [3.63, 3.8) is 0 Å². The molecule has 2 aromatic heterocycles. The van der Waals surface area contributed by atoms with Crippen LogP contribution < -0.4 is 15.7 Å². The molecule has 1 N–H and O–H groups in total. The zero-order valence-electron chi connectivity index (χ0n) is 19.5. The zero-order valence-corrected chi connectivity index (χ0v) is 19.5. The molecular weight excluding hydrogens is 430 g/mol. The van der Waals surface area contributed by atoms with E-state index < -0.39 is 5.69 Å². The Balaban J connectivity index is 1.50. The molecule has 2 heterocycles. The number of carbonyl (C=O) groups is 1. The maximum atomic E-state index is 13.3. The molecule has 0 unspecified atom stereocenters. The minimum atomic E-state index is -0.396. The van der Waals surface area contributed by atoms with E-state index in [2.05, 4.69) is 29.2 Å². The van der Waals surface area contributed by atoms with Gasteiger partial charge in [0.15, 0.2) is 0 Å². The third-order valence-corrected chi connectivity index (χ3v) is 6.40. The van der Waals surface area contributed by atoms with E-state index in [9.17, 15) is 9.59 Å². The standard InChI is InChI=1S/C26H29N5O3/c1-17(2)18-12-14-20(15-13-18)34-25-24-29-30(16-23(32)27-19-8-4-3-5-9-19)26(33)31(24)22-11-7-6-10-21(22)28-25/h6-7,10-15,17,19H,3-5,8-9,16H2,1-2H3,(H,27,32). The van der Waals surface area contributed by atoms with Crippen molar-refractivity contribution in [2.75, 3.05) is 0 Å². The number of hydrogen-bond acceptors (Lipinski definition) is 5. The highest BCUT2D eigenvalue weighted by molar-refractivity contribution is 5.80. The first kappa shape index (κ1) is 22.1. The summed E-state index contributed by atoms with van der Waals surface area (Å²) in [6, 6.07) is 15.3. The first-order valence-electron chi connectivity index (χ1n) is 11.9. The van der Waals surface area contributed by atoms with Crippen molar-refractivity contribution in [1.29, 1.82) is 0 Å². The highest BCUT2D eigenvalue weighted by Gasteiger charge is 2.21. The van der Waals surface area contributed by atoms with E-state index in [4.69, 9.17) is 4.74 Å². The number of fused-ring (bicyclic) bond motifs is 3. The molecule has 8 nitrogen and oxygen atoms in total. The van der Waals surface area contributed by atoms with Gasteiger partial charge < -0.3 is 10.1 Å². The fraction of sp³-hybridized carbons (Fsp3) is 0.385. The van der Waals surface area contributed by atoms with Crippen molar-refractivity contribution >= 4 is 22.6 Å². The second-order valence-electron chi connectivity index (χ2n) is 9.23. The molecule has 34 heavy (non-hydrogen) atoms. The number of rotatable bonds is 6. The van der Waals surface area contributed by atoms with Gasteiger partial charge in [0.05, 0.1) is 11.0 Å². The van der Waals surface area contributed by atoms with Crippen LogP contribution in [0, 0.1) is 0 Å². The van der Waals surface area contributed by atoms with Crippen molar-refractivity contribution in [2.24, 2.45) is 0 Å². The average molecular weight is 460 g/mol. The number of amides is 1. The van der Waals surface area contributed by atoms with Crippen molar-refractivity contribution in [2.45, 2.75) is 64.5 Å². The molecule has 1 saturated carbocycles. The predicted molar refractivity (Wildman–Crippen MR) is 130 cm³/mol. The van der Waals surface area contributed by atoms with E-state index in [1.54, 1.807) is 0 Å². The van der Waals surface area contributed by atoms with Crippen molar-refractivity contribution < 1.29 is 9.53 Å². The van der Waals surface area contributed by atoms with Gasteiger partial charge in [-0.2, -0.15) is 0 Å². The molecule has 8 heteroatoms. The maximum Gasteiger partial charge on any atom is 0.351 e. The second-order valence-corrected chi connectivity index (χ2v) is 9.23. The average Bonchev–Trinajstić information content (AvgIpc) is 3.16. The zero-order chi connectivity index (χ0) is 23.7. The molecular formula is C26H29N5O3. The highest BCUT2D eigenvalue weighted by atomic mass is 16.5. The van der Waals surface area contributed by atoms with Crippen LogP contribution >= 0.6 is 0 Å². The molecule has 0 spiro atoms. The summed E-state index contributed by atoms with van der Waals surface area (Å²) in [6.07, 6.45) is 5.41. The fourth-order valence-electron chi connectivity index (χ4n) is 4.53. The lowest BCUT2D eigenvalue weighted by molar-refractivity contribution is -0.122. The van der Waals surface area contributed by atoms with Gasteiger partial charge in [0.25, 0.3) is 5.88 Å². The van der Waals surface area contributed by atoms with E-state index >= 15 is 0 Å². The van der Waals surface area contributed by atoms with Crippen LogP contribution in [0.4, 0.5) is 0 Å². The van der Waals surface area contributed by atoms with Gasteiger partial charge in [-0.25, -0.2) is 18.9 Å². The lowest BCUT2D eigenvalue weighted by Crippen LogP contribution is -2.40. The van der Waals surface area contributed by atoms with Crippen LogP contribution in [0.1, 0.15) is 57.4 Å². The summed E-state index contributed by atoms with van der Waals surface area (Å²) in [4.78, 5) is 30.6. The van der Waals surface area contributed by atoms with Crippen LogP contribution in [0.15, 0.2) is 53.3 Å². The van der Waals surface area contributed by atoms with Crippen molar-refractivity contribution in [1.82, 2.24) is 24.5 Å². The largest absolute Gasteiger partial charge is 0.436 e. The van der Waals surface area contributed by atoms with Gasteiger partial charge in [0.2, 0.25) is 11.6 Å². The van der Waals surface area contributed by atoms with Crippen molar-refractivity contribution in [3.05, 3.63) is 64.6 Å². The van der Waals surface area contributed by atoms with Gasteiger partial charge >= 0.3 is 5.69 Å². The SMILES string of the molecule is CC(C)c1ccc(Oc2nc3ccccc3n3c(=O)n(CC(=O)NC4CCCCC4)nc23)cc1. The summed E-state index contributed by atoms with van der Waals surface area (Å²) in [5.41, 5.74) is 2.31. The summed E-state index contributed by atoms with van der Waals surface area (Å²) < 4.78 is 8.74. The predicted octanol–water partition coefficient (Wildman–Crippen LogP) is 4.41. The quantitative estimate of drug-likeness (QED) is 0.461. The van der Waals surface area contributed by atoms with Gasteiger partial charge in [0.1, 0.15) is 12.3 Å². The number of hydrogen-bond donors (Lipinski definition) is 1. The van der Waals surface area contributed by atoms with Gasteiger partial charge in [-0.3, -0.25) is 4.79 Å². The molecule has 5 rings (SSSR count). The molecule has 176 valence electrons. The number of nitrogens with one attached hydrogen (secondary N) is 1. The Hall–Kier alpha value is -3.68. The smallest absolute Gasteiger partial charge is 0.351 e. The third-order valence-electron chi connectivity index (χ3n) is 6.40. The number of ether oxygens (including phenoxy) is 1. The maximum absolute atomic E-state index is 13.3. The monoisotopic (exact) mass is 459 g/mol. The Kier molecular flexibility index (Phi) is 6.04. The molecule has 1 aliphatic rings. The van der Waals surface area contributed by atoms with E-state index in [1.807, 2.05) is 48.5 Å². The second kappa shape index (κ2) is 9.29. The molecule has 0 saturated heterocycles. The number of nitrogens with zero attached hydrogens (tertiary/aromatic N) is 4. The molecule has 4 aromatic rings. The van der Waals surface area contributed by atoms with Gasteiger partial charge in [-0.05, 0) is 48.6 Å². The van der Waals surface area contributed by atoms with Crippen LogP contribution in [0.5, 0.6) is 11.6 Å². The van der Waals surface area contributed by atoms with Gasteiger partial charge in [0, 0.05) is 6.04 Å². The van der Waals surface area contributed by atoms with E-state index in [-0.39, 0.29) is 30.0 Å². The topological polar surface area (TPSA) is 90.5 Å². The normalized spacial score (nSPS) is 14.7. The Bertz CT molecular complexity index is 1380. The summed E-state index contributed by atoms with van der Waals surface area (Å²) >= 11 is 0. The first-order chi connectivity index (χ1) is 16.5. The van der Waals surface area contributed by atoms with Gasteiger partial charge in [-0.1, -0.05) is 57.4 Å². The van der Waals surface area contributed by atoms with Crippen LogP contribution in [0.3, 0.4) is 0 Å². The molecule has 1 amide bonds. The molecule has 2 aromatic carbocycles. The number of carbonyl (C=O) groups excluding carboxylic acids is 1. The Morgan fingerprint density at radius 1 is 1.09 bits per heavy atom. The third kappa shape index (κ3) is 4.40. The number of aromatic nitrogens is 4. The molecule has 1 aliphatic carbocycles. The Morgan fingerprint density at radius 3 is 2.56 bits per heavy atom. The first-order valence-corrected chi connectivity index (χ1v) is 11.9. The summed E-state index contributed by atoms with van der Waals surface area (Å²) in [5.74, 6) is 1.03. The molecule has 0 bridgehead atoms. The minimum Gasteiger partial charge on any atom is -0.436 e. The number of benzene rings is 2. The fourth-order valence-corrected chi connectivity index (χ4v) is 4.53. The lowest BCUT2D eigenvalue weighted by atomic mass is 9.95. The number of para-hydroxylation sites is 2. The summed E-state index contributed by atoms with van der Waals surface area (Å²) in [5, 5.41) is 7.51. The Morgan fingerprint density at radius 2 is 1.82 bits per heavy atom. The summed E-state index contributed by atoms with van der Waals surface area (Å²) in [6.45, 7) is 4.12. The van der Waals surface area contributed by atoms with E-state index in [0.29, 0.717) is 22.7 Å². The molecule has 0 radical (unpaired) electrons. The van der Waals surface area contributed by atoms with Crippen LogP contribution in [-0.4, -0.2) is 31.1 Å². The van der Waals surface area contributed by atoms with Gasteiger partial charge in [-0.15, -0.1) is 5.10 Å². The lowest BCUT2D eigenvalue weighted by Gasteiger charge is -2.22. The van der Waals surface area contributed by atoms with Crippen LogP contribution in [0.25, 0.3) is 16.7 Å². The minimum absolute atomic E-state index is 0.145. The van der Waals surface area contributed by atoms with E-state index in [0.717, 1.165) is 25.7 Å². The van der Waals surface area contributed by atoms with Crippen LogP contribution in [0.2, 0.25) is 0 Å².